The van der Waals surface area contributed by atoms with Crippen LogP contribution in [-0.2, 0) is 4.65 Å². The molecule has 2 rings (SSSR count). The number of hydrogen-bond acceptors (Lipinski definition) is 2. The monoisotopic (exact) mass is 239 g/mol. The van der Waals surface area contributed by atoms with Crippen molar-refractivity contribution in [2.75, 3.05) is 0 Å². The summed E-state index contributed by atoms with van der Waals surface area (Å²) in [4.78, 5) is 4.73. The molecule has 0 aromatic heterocycles. The van der Waals surface area contributed by atoms with E-state index in [1.807, 2.05) is 24.3 Å². The summed E-state index contributed by atoms with van der Waals surface area (Å²) < 4.78 is 5.40. The molecule has 0 fully saturated rings. The molecule has 0 unspecified atom stereocenters. The predicted molar refractivity (Wildman–Crippen MR) is 79.0 cm³/mol. The first-order chi connectivity index (χ1) is 8.72. The third-order valence-corrected chi connectivity index (χ3v) is 3.19. The van der Waals surface area contributed by atoms with Gasteiger partial charge in [-0.15, -0.1) is 0 Å². The Morgan fingerprint density at radius 1 is 1.33 bits per heavy atom. The normalized spacial score (nSPS) is 16.0. The van der Waals surface area contributed by atoms with Crippen LogP contribution >= 0.6 is 0 Å². The molecule has 92 valence electrons. The van der Waals surface area contributed by atoms with Crippen LogP contribution in [0.3, 0.4) is 0 Å². The van der Waals surface area contributed by atoms with E-state index in [9.17, 15) is 0 Å². The van der Waals surface area contributed by atoms with Crippen LogP contribution in [0.2, 0.25) is 0 Å². The maximum absolute atomic E-state index is 5.40. The molecular weight excluding hydrogens is 221 g/mol. The van der Waals surface area contributed by atoms with Gasteiger partial charge in [0.25, 0.3) is 0 Å². The van der Waals surface area contributed by atoms with E-state index >= 15 is 0 Å². The Bertz CT molecular complexity index is 529. The number of aryl methyl sites for hydroxylation is 1. The topological polar surface area (TPSA) is 21.6 Å². The summed E-state index contributed by atoms with van der Waals surface area (Å²) in [5.41, 5.74) is 4.49. The van der Waals surface area contributed by atoms with Gasteiger partial charge in [0.15, 0.2) is 0 Å². The van der Waals surface area contributed by atoms with E-state index < -0.39 is 0 Å². The number of allylic oxidation sites excluding steroid dienone is 3. The standard InChI is InChI=1S/C15H18BNO/c1-11-7-3-5-9-14(11)17-12(2)13-8-4-6-10-15(13)18-16/h3,5-7,9-10H,4,8,16H2,1-2H3/b17-12+. The van der Waals surface area contributed by atoms with Crippen LogP contribution in [0.5, 0.6) is 0 Å². The molecule has 3 heteroatoms. The summed E-state index contributed by atoms with van der Waals surface area (Å²) in [5.74, 6) is 0.941. The SMILES string of the molecule is BOC1=C(/C(C)=N/c2ccccc2C)CCC=C1. The highest BCUT2D eigenvalue weighted by Crippen LogP contribution is 2.24. The number of hydrogen-bond donors (Lipinski definition) is 0. The van der Waals surface area contributed by atoms with Crippen molar-refractivity contribution in [3.63, 3.8) is 0 Å². The van der Waals surface area contributed by atoms with Gasteiger partial charge < -0.3 is 4.65 Å². The van der Waals surface area contributed by atoms with E-state index in [1.54, 1.807) is 8.05 Å². The molecule has 0 radical (unpaired) electrons. The molecule has 0 aliphatic heterocycles. The minimum atomic E-state index is 0.941. The zero-order valence-corrected chi connectivity index (χ0v) is 11.2. The first-order valence-corrected chi connectivity index (χ1v) is 6.27. The highest BCUT2D eigenvalue weighted by molar-refractivity contribution is 6.03. The molecule has 0 bridgehead atoms. The largest absolute Gasteiger partial charge is 0.568 e. The van der Waals surface area contributed by atoms with Crippen molar-refractivity contribution in [3.05, 3.63) is 53.3 Å². The predicted octanol–water partition coefficient (Wildman–Crippen LogP) is 3.26. The van der Waals surface area contributed by atoms with E-state index in [4.69, 9.17) is 9.65 Å². The number of aliphatic imine (C=N–C) groups is 1. The van der Waals surface area contributed by atoms with Gasteiger partial charge in [-0.2, -0.15) is 0 Å². The molecule has 0 N–H and O–H groups in total. The summed E-state index contributed by atoms with van der Waals surface area (Å²) in [7, 11) is 1.71. The molecule has 18 heavy (non-hydrogen) atoms. The Labute approximate surface area is 110 Å². The molecule has 2 nitrogen and oxygen atoms in total. The van der Waals surface area contributed by atoms with E-state index in [1.165, 1.54) is 11.1 Å². The van der Waals surface area contributed by atoms with Crippen LogP contribution in [0.1, 0.15) is 25.3 Å². The van der Waals surface area contributed by atoms with Crippen molar-refractivity contribution < 1.29 is 4.65 Å². The summed E-state index contributed by atoms with van der Waals surface area (Å²) in [6, 6.07) is 8.18. The fourth-order valence-electron chi connectivity index (χ4n) is 2.13. The highest BCUT2D eigenvalue weighted by atomic mass is 16.4. The lowest BCUT2D eigenvalue weighted by Gasteiger charge is -2.15. The minimum Gasteiger partial charge on any atom is -0.568 e. The van der Waals surface area contributed by atoms with Crippen LogP contribution in [0.15, 0.2) is 52.7 Å². The molecule has 0 amide bonds. The zero-order valence-electron chi connectivity index (χ0n) is 11.2. The van der Waals surface area contributed by atoms with E-state index in [0.29, 0.717) is 0 Å². The van der Waals surface area contributed by atoms with E-state index in [0.717, 1.165) is 30.0 Å². The van der Waals surface area contributed by atoms with Crippen molar-refractivity contribution >= 4 is 19.4 Å². The minimum absolute atomic E-state index is 0.941. The number of para-hydroxylation sites is 1. The Balaban J connectivity index is 2.36. The molecule has 1 aliphatic carbocycles. The van der Waals surface area contributed by atoms with Crippen LogP contribution in [0.4, 0.5) is 5.69 Å². The van der Waals surface area contributed by atoms with Crippen molar-refractivity contribution in [2.45, 2.75) is 26.7 Å². The van der Waals surface area contributed by atoms with Gasteiger partial charge in [-0.25, -0.2) is 0 Å². The van der Waals surface area contributed by atoms with Crippen LogP contribution in [0, 0.1) is 6.92 Å². The molecule has 0 atom stereocenters. The molecule has 0 spiro atoms. The van der Waals surface area contributed by atoms with Gasteiger partial charge in [-0.1, -0.05) is 24.3 Å². The van der Waals surface area contributed by atoms with Crippen molar-refractivity contribution in [1.82, 2.24) is 0 Å². The molecule has 0 saturated heterocycles. The lowest BCUT2D eigenvalue weighted by molar-refractivity contribution is 0.481. The quantitative estimate of drug-likeness (QED) is 0.586. The first-order valence-electron chi connectivity index (χ1n) is 6.27. The second-order valence-electron chi connectivity index (χ2n) is 4.47. The fourth-order valence-corrected chi connectivity index (χ4v) is 2.13. The van der Waals surface area contributed by atoms with Gasteiger partial charge in [-0.3, -0.25) is 4.99 Å². The highest BCUT2D eigenvalue weighted by Gasteiger charge is 2.11. The summed E-state index contributed by atoms with van der Waals surface area (Å²) in [6.07, 6.45) is 6.24. The smallest absolute Gasteiger partial charge is 0.322 e. The van der Waals surface area contributed by atoms with Crippen LogP contribution in [0.25, 0.3) is 0 Å². The van der Waals surface area contributed by atoms with Gasteiger partial charge in [0.05, 0.1) is 5.69 Å². The maximum atomic E-state index is 5.40. The second-order valence-corrected chi connectivity index (χ2v) is 4.47. The fraction of sp³-hybridized carbons (Fsp3) is 0.267. The van der Waals surface area contributed by atoms with Gasteiger partial charge in [0.2, 0.25) is 0 Å². The van der Waals surface area contributed by atoms with Gasteiger partial charge in [0, 0.05) is 11.3 Å². The lowest BCUT2D eigenvalue weighted by atomic mass is 9.99. The van der Waals surface area contributed by atoms with Crippen molar-refractivity contribution in [3.8, 4) is 0 Å². The Morgan fingerprint density at radius 3 is 2.83 bits per heavy atom. The van der Waals surface area contributed by atoms with Gasteiger partial charge in [0.1, 0.15) is 5.76 Å². The average molecular weight is 239 g/mol. The summed E-state index contributed by atoms with van der Waals surface area (Å²) in [5, 5.41) is 0. The summed E-state index contributed by atoms with van der Waals surface area (Å²) >= 11 is 0. The van der Waals surface area contributed by atoms with E-state index in [-0.39, 0.29) is 0 Å². The van der Waals surface area contributed by atoms with Gasteiger partial charge >= 0.3 is 8.05 Å². The molecule has 0 saturated carbocycles. The van der Waals surface area contributed by atoms with Crippen molar-refractivity contribution in [1.29, 1.82) is 0 Å². The number of nitrogens with zero attached hydrogens (tertiary/aromatic N) is 1. The number of rotatable bonds is 3. The summed E-state index contributed by atoms with van der Waals surface area (Å²) in [6.45, 7) is 4.14. The number of benzene rings is 1. The average Bonchev–Trinajstić information content (AvgIpc) is 2.41. The molecule has 1 aromatic carbocycles. The lowest BCUT2D eigenvalue weighted by Crippen LogP contribution is -2.05. The third-order valence-electron chi connectivity index (χ3n) is 3.19. The molecule has 1 aliphatic rings. The Morgan fingerprint density at radius 2 is 2.11 bits per heavy atom. The third kappa shape index (κ3) is 2.73. The van der Waals surface area contributed by atoms with E-state index in [2.05, 4.69) is 26.0 Å². The van der Waals surface area contributed by atoms with Crippen LogP contribution in [-0.4, -0.2) is 13.8 Å². The van der Waals surface area contributed by atoms with Gasteiger partial charge in [-0.05, 0) is 44.4 Å². The Hall–Kier alpha value is -1.77. The first kappa shape index (κ1) is 12.7. The second kappa shape index (κ2) is 5.72. The van der Waals surface area contributed by atoms with Crippen LogP contribution < -0.4 is 0 Å². The maximum Gasteiger partial charge on any atom is 0.322 e. The Kier molecular flexibility index (Phi) is 4.03. The molecule has 0 heterocycles. The molecular formula is C15H18BNO. The zero-order chi connectivity index (χ0) is 13.0. The van der Waals surface area contributed by atoms with Crippen molar-refractivity contribution in [2.24, 2.45) is 4.99 Å². The molecule has 1 aromatic rings.